The molecule has 1 heterocycles. The van der Waals surface area contributed by atoms with Crippen molar-refractivity contribution in [3.8, 4) is 11.5 Å². The van der Waals surface area contributed by atoms with Crippen molar-refractivity contribution >= 4 is 11.8 Å². The van der Waals surface area contributed by atoms with Crippen LogP contribution in [0.25, 0.3) is 0 Å². The minimum absolute atomic E-state index is 0.318. The minimum Gasteiger partial charge on any atom is -0.493 e. The van der Waals surface area contributed by atoms with Gasteiger partial charge in [0.1, 0.15) is 0 Å². The second-order valence-electron chi connectivity index (χ2n) is 3.64. The lowest BCUT2D eigenvalue weighted by Gasteiger charge is -2.25. The highest BCUT2D eigenvalue weighted by Crippen LogP contribution is 2.40. The van der Waals surface area contributed by atoms with Crippen molar-refractivity contribution in [3.63, 3.8) is 0 Å². The zero-order valence-electron chi connectivity index (χ0n) is 9.66. The molecule has 2 rings (SSSR count). The highest BCUT2D eigenvalue weighted by atomic mass is 32.2. The van der Waals surface area contributed by atoms with E-state index in [0.717, 1.165) is 18.0 Å². The van der Waals surface area contributed by atoms with Gasteiger partial charge in [-0.1, -0.05) is 12.1 Å². The third-order valence-electron chi connectivity index (χ3n) is 2.65. The predicted molar refractivity (Wildman–Crippen MR) is 67.4 cm³/mol. The molecule has 16 heavy (non-hydrogen) atoms. The molecule has 88 valence electrons. The Kier molecular flexibility index (Phi) is 3.96. The standard InChI is InChI=1S/C12H17NO2S/c1-14-10-6-3-5-9(11(10)15-2)12-13-7-4-8-16-12/h3,5-6,12-13H,4,7-8H2,1-2H3. The summed E-state index contributed by atoms with van der Waals surface area (Å²) in [6.07, 6.45) is 1.23. The highest BCUT2D eigenvalue weighted by molar-refractivity contribution is 7.99. The molecule has 1 aromatic carbocycles. The Morgan fingerprint density at radius 3 is 2.81 bits per heavy atom. The summed E-state index contributed by atoms with van der Waals surface area (Å²) in [6.45, 7) is 1.07. The van der Waals surface area contributed by atoms with Gasteiger partial charge in [-0.25, -0.2) is 0 Å². The first-order valence-electron chi connectivity index (χ1n) is 5.42. The molecule has 4 heteroatoms. The first kappa shape index (κ1) is 11.6. The molecule has 1 aromatic rings. The van der Waals surface area contributed by atoms with E-state index in [-0.39, 0.29) is 0 Å². The molecule has 1 atom stereocenters. The van der Waals surface area contributed by atoms with Crippen LogP contribution in [0.15, 0.2) is 18.2 Å². The van der Waals surface area contributed by atoms with Gasteiger partial charge in [0, 0.05) is 5.56 Å². The van der Waals surface area contributed by atoms with Crippen molar-refractivity contribution in [1.82, 2.24) is 5.32 Å². The number of para-hydroxylation sites is 1. The number of methoxy groups -OCH3 is 2. The third kappa shape index (κ3) is 2.28. The maximum atomic E-state index is 5.44. The van der Waals surface area contributed by atoms with Crippen molar-refractivity contribution < 1.29 is 9.47 Å². The number of hydrogen-bond acceptors (Lipinski definition) is 4. The Morgan fingerprint density at radius 1 is 1.31 bits per heavy atom. The molecule has 1 unspecified atom stereocenters. The van der Waals surface area contributed by atoms with E-state index in [9.17, 15) is 0 Å². The largest absolute Gasteiger partial charge is 0.493 e. The molecule has 0 saturated carbocycles. The van der Waals surface area contributed by atoms with Crippen LogP contribution in [-0.2, 0) is 0 Å². The lowest BCUT2D eigenvalue weighted by Crippen LogP contribution is -2.25. The molecule has 1 aliphatic rings. The summed E-state index contributed by atoms with van der Waals surface area (Å²) >= 11 is 1.92. The summed E-state index contributed by atoms with van der Waals surface area (Å²) in [4.78, 5) is 0. The van der Waals surface area contributed by atoms with Gasteiger partial charge in [-0.2, -0.15) is 0 Å². The van der Waals surface area contributed by atoms with Gasteiger partial charge < -0.3 is 14.8 Å². The van der Waals surface area contributed by atoms with Crippen LogP contribution in [0, 0.1) is 0 Å². The molecule has 1 aliphatic heterocycles. The second kappa shape index (κ2) is 5.46. The average Bonchev–Trinajstić information content (AvgIpc) is 2.38. The summed E-state index contributed by atoms with van der Waals surface area (Å²) in [6, 6.07) is 6.03. The van der Waals surface area contributed by atoms with E-state index < -0.39 is 0 Å². The van der Waals surface area contributed by atoms with Crippen LogP contribution < -0.4 is 14.8 Å². The Bertz CT molecular complexity index is 351. The van der Waals surface area contributed by atoms with E-state index in [2.05, 4.69) is 11.4 Å². The molecule has 1 saturated heterocycles. The van der Waals surface area contributed by atoms with Crippen LogP contribution in [0.4, 0.5) is 0 Å². The van der Waals surface area contributed by atoms with Crippen molar-refractivity contribution in [1.29, 1.82) is 0 Å². The average molecular weight is 239 g/mol. The number of nitrogens with one attached hydrogen (secondary N) is 1. The fraction of sp³-hybridized carbons (Fsp3) is 0.500. The molecular formula is C12H17NO2S. The quantitative estimate of drug-likeness (QED) is 0.877. The minimum atomic E-state index is 0.318. The number of rotatable bonds is 3. The lowest BCUT2D eigenvalue weighted by molar-refractivity contribution is 0.350. The Morgan fingerprint density at radius 2 is 2.19 bits per heavy atom. The second-order valence-corrected chi connectivity index (χ2v) is 4.85. The molecule has 0 aromatic heterocycles. The molecule has 0 amide bonds. The molecule has 0 aliphatic carbocycles. The van der Waals surface area contributed by atoms with Crippen LogP contribution in [0.1, 0.15) is 17.4 Å². The van der Waals surface area contributed by atoms with Crippen LogP contribution in [0.3, 0.4) is 0 Å². The number of hydrogen-bond donors (Lipinski definition) is 1. The summed E-state index contributed by atoms with van der Waals surface area (Å²) in [7, 11) is 3.36. The molecular weight excluding hydrogens is 222 g/mol. The molecule has 1 fully saturated rings. The first-order valence-corrected chi connectivity index (χ1v) is 6.47. The fourth-order valence-electron chi connectivity index (χ4n) is 1.88. The van der Waals surface area contributed by atoms with Crippen LogP contribution in [0.2, 0.25) is 0 Å². The van der Waals surface area contributed by atoms with Crippen molar-refractivity contribution in [2.24, 2.45) is 0 Å². The number of benzene rings is 1. The van der Waals surface area contributed by atoms with Gasteiger partial charge in [0.2, 0.25) is 0 Å². The first-order chi connectivity index (χ1) is 7.86. The van der Waals surface area contributed by atoms with Crippen LogP contribution in [-0.4, -0.2) is 26.5 Å². The van der Waals surface area contributed by atoms with E-state index in [0.29, 0.717) is 5.37 Å². The summed E-state index contributed by atoms with van der Waals surface area (Å²) in [5.74, 6) is 2.84. The van der Waals surface area contributed by atoms with E-state index in [1.165, 1.54) is 17.7 Å². The van der Waals surface area contributed by atoms with Crippen molar-refractivity contribution in [2.75, 3.05) is 26.5 Å². The van der Waals surface area contributed by atoms with Gasteiger partial charge in [-0.15, -0.1) is 11.8 Å². The molecule has 1 N–H and O–H groups in total. The topological polar surface area (TPSA) is 30.5 Å². The highest BCUT2D eigenvalue weighted by Gasteiger charge is 2.20. The van der Waals surface area contributed by atoms with Gasteiger partial charge in [0.25, 0.3) is 0 Å². The predicted octanol–water partition coefficient (Wildman–Crippen LogP) is 2.43. The molecule has 0 radical (unpaired) electrons. The van der Waals surface area contributed by atoms with E-state index in [4.69, 9.17) is 9.47 Å². The molecule has 0 spiro atoms. The van der Waals surface area contributed by atoms with Gasteiger partial charge in [0.05, 0.1) is 19.6 Å². The van der Waals surface area contributed by atoms with Gasteiger partial charge in [-0.05, 0) is 24.8 Å². The molecule has 0 bridgehead atoms. The monoisotopic (exact) mass is 239 g/mol. The zero-order valence-corrected chi connectivity index (χ0v) is 10.5. The van der Waals surface area contributed by atoms with Crippen molar-refractivity contribution in [3.05, 3.63) is 23.8 Å². The maximum Gasteiger partial charge on any atom is 0.166 e. The van der Waals surface area contributed by atoms with E-state index in [1.807, 2.05) is 23.9 Å². The number of thioether (sulfide) groups is 1. The Labute approximate surface area is 101 Å². The number of ether oxygens (including phenoxy) is 2. The van der Waals surface area contributed by atoms with Crippen LogP contribution in [0.5, 0.6) is 11.5 Å². The smallest absolute Gasteiger partial charge is 0.166 e. The molecule has 3 nitrogen and oxygen atoms in total. The lowest BCUT2D eigenvalue weighted by atomic mass is 10.1. The Balaban J connectivity index is 2.30. The Hall–Kier alpha value is -0.870. The van der Waals surface area contributed by atoms with Crippen molar-refractivity contribution in [2.45, 2.75) is 11.8 Å². The normalized spacial score (nSPS) is 20.5. The SMILES string of the molecule is COc1cccc(C2NCCCS2)c1OC. The fourth-order valence-corrected chi connectivity index (χ4v) is 3.03. The maximum absolute atomic E-state index is 5.44. The third-order valence-corrected chi connectivity index (χ3v) is 3.93. The van der Waals surface area contributed by atoms with Gasteiger partial charge in [-0.3, -0.25) is 0 Å². The van der Waals surface area contributed by atoms with E-state index >= 15 is 0 Å². The summed E-state index contributed by atoms with van der Waals surface area (Å²) < 4.78 is 10.7. The zero-order chi connectivity index (χ0) is 11.4. The van der Waals surface area contributed by atoms with Gasteiger partial charge in [0.15, 0.2) is 11.5 Å². The summed E-state index contributed by atoms with van der Waals surface area (Å²) in [5.41, 5.74) is 1.17. The van der Waals surface area contributed by atoms with Gasteiger partial charge >= 0.3 is 0 Å². The van der Waals surface area contributed by atoms with E-state index in [1.54, 1.807) is 14.2 Å². The van der Waals surface area contributed by atoms with Crippen LogP contribution >= 0.6 is 11.8 Å². The summed E-state index contributed by atoms with van der Waals surface area (Å²) in [5, 5.41) is 3.81.